The molecule has 45 heavy (non-hydrogen) atoms. The third kappa shape index (κ3) is 8.74. The van der Waals surface area contributed by atoms with Crippen molar-refractivity contribution < 1.29 is 41.0 Å². The standard InChI is InChI=1S/C33H34F5N3O4/c1-21-17-24(23-11-7-14-28(29(23)41(21)3)44-19-25-26(34)12-8-13-27(25)35)30(42)39-20-32(2,15-16-33(36,37)38)40-31(43)45-18-22-9-5-4-6-10-22/h4-14,17,21H,15-16,18-20H2,1-3H3,(H,39,42)(H,40,43). The van der Waals surface area contributed by atoms with Crippen molar-refractivity contribution >= 4 is 23.3 Å². The van der Waals surface area contributed by atoms with Gasteiger partial charge < -0.3 is 25.0 Å². The third-order valence-corrected chi connectivity index (χ3v) is 7.55. The normalized spacial score (nSPS) is 15.8. The number of fused-ring (bicyclic) bond motifs is 1. The monoisotopic (exact) mass is 631 g/mol. The van der Waals surface area contributed by atoms with Crippen molar-refractivity contribution in [3.63, 3.8) is 0 Å². The quantitative estimate of drug-likeness (QED) is 0.225. The molecule has 4 rings (SSSR count). The largest absolute Gasteiger partial charge is 0.486 e. The molecule has 0 saturated carbocycles. The van der Waals surface area contributed by atoms with E-state index >= 15 is 0 Å². The van der Waals surface area contributed by atoms with E-state index in [9.17, 15) is 31.5 Å². The number of likely N-dealkylation sites (N-methyl/N-ethyl adjacent to an activating group) is 1. The van der Waals surface area contributed by atoms with Gasteiger partial charge in [-0.1, -0.05) is 48.5 Å². The summed E-state index contributed by atoms with van der Waals surface area (Å²) in [5, 5.41) is 5.17. The summed E-state index contributed by atoms with van der Waals surface area (Å²) < 4.78 is 79.0. The van der Waals surface area contributed by atoms with Crippen LogP contribution in [0.3, 0.4) is 0 Å². The molecule has 0 radical (unpaired) electrons. The molecule has 2 N–H and O–H groups in total. The van der Waals surface area contributed by atoms with Gasteiger partial charge in [0.2, 0.25) is 0 Å². The highest BCUT2D eigenvalue weighted by molar-refractivity contribution is 6.22. The molecule has 3 aromatic carbocycles. The Kier molecular flexibility index (Phi) is 10.4. The molecule has 0 bridgehead atoms. The van der Waals surface area contributed by atoms with Crippen molar-refractivity contribution in [2.24, 2.45) is 0 Å². The predicted octanol–water partition coefficient (Wildman–Crippen LogP) is 6.91. The van der Waals surface area contributed by atoms with E-state index in [1.807, 2.05) is 11.8 Å². The van der Waals surface area contributed by atoms with Gasteiger partial charge in [-0.05, 0) is 50.1 Å². The van der Waals surface area contributed by atoms with E-state index in [1.165, 1.54) is 13.0 Å². The number of anilines is 1. The minimum absolute atomic E-state index is 0.0859. The molecule has 240 valence electrons. The maximum Gasteiger partial charge on any atom is 0.407 e. The number of halogens is 5. The zero-order valence-corrected chi connectivity index (χ0v) is 25.0. The summed E-state index contributed by atoms with van der Waals surface area (Å²) in [5.74, 6) is -1.83. The van der Waals surface area contributed by atoms with E-state index in [4.69, 9.17) is 9.47 Å². The molecule has 0 saturated heterocycles. The molecule has 0 fully saturated rings. The number of benzene rings is 3. The molecule has 7 nitrogen and oxygen atoms in total. The lowest BCUT2D eigenvalue weighted by atomic mass is 9.93. The number of rotatable bonds is 11. The Hall–Kier alpha value is -4.61. The second-order valence-corrected chi connectivity index (χ2v) is 11.1. The Bertz CT molecular complexity index is 1530. The number of alkyl carbamates (subject to hydrolysis) is 1. The number of nitrogens with one attached hydrogen (secondary N) is 2. The van der Waals surface area contributed by atoms with Gasteiger partial charge in [0.1, 0.15) is 30.6 Å². The lowest BCUT2D eigenvalue weighted by Crippen LogP contribution is -2.54. The molecule has 1 heterocycles. The number of nitrogens with zero attached hydrogens (tertiary/aromatic N) is 1. The molecular weight excluding hydrogens is 597 g/mol. The first-order valence-corrected chi connectivity index (χ1v) is 14.2. The van der Waals surface area contributed by atoms with Crippen molar-refractivity contribution in [3.8, 4) is 5.75 Å². The van der Waals surface area contributed by atoms with E-state index in [-0.39, 0.29) is 36.1 Å². The van der Waals surface area contributed by atoms with Gasteiger partial charge in [-0.2, -0.15) is 13.2 Å². The summed E-state index contributed by atoms with van der Waals surface area (Å²) in [6.45, 7) is 2.41. The molecule has 0 aliphatic carbocycles. The van der Waals surface area contributed by atoms with E-state index in [0.29, 0.717) is 16.8 Å². The van der Waals surface area contributed by atoms with Gasteiger partial charge >= 0.3 is 12.3 Å². The van der Waals surface area contributed by atoms with Crippen LogP contribution in [0, 0.1) is 11.6 Å². The summed E-state index contributed by atoms with van der Waals surface area (Å²) >= 11 is 0. The van der Waals surface area contributed by atoms with Crippen LogP contribution in [-0.4, -0.2) is 43.3 Å². The van der Waals surface area contributed by atoms with Gasteiger partial charge in [0.25, 0.3) is 5.91 Å². The molecule has 3 aromatic rings. The zero-order chi connectivity index (χ0) is 32.8. The number of amides is 2. The summed E-state index contributed by atoms with van der Waals surface area (Å²) in [5.41, 5.74) is 0.116. The number of hydrogen-bond donors (Lipinski definition) is 2. The molecule has 12 heteroatoms. The highest BCUT2D eigenvalue weighted by Crippen LogP contribution is 2.41. The Morgan fingerprint density at radius 3 is 2.24 bits per heavy atom. The number of carbonyl (C=O) groups excluding carboxylic acids is 2. The summed E-state index contributed by atoms with van der Waals surface area (Å²) in [6.07, 6.45) is -5.45. The van der Waals surface area contributed by atoms with Crippen LogP contribution in [0.4, 0.5) is 32.4 Å². The average molecular weight is 632 g/mol. The highest BCUT2D eigenvalue weighted by atomic mass is 19.4. The smallest absolute Gasteiger partial charge is 0.407 e. The van der Waals surface area contributed by atoms with Crippen LogP contribution in [-0.2, 0) is 22.7 Å². The van der Waals surface area contributed by atoms with E-state index in [2.05, 4.69) is 10.6 Å². The van der Waals surface area contributed by atoms with Crippen LogP contribution in [0.5, 0.6) is 5.75 Å². The SMILES string of the molecule is CC1C=C(C(=O)NCC(C)(CCC(F)(F)F)NC(=O)OCc2ccccc2)c2cccc(OCc3c(F)cccc3F)c2N1C. The summed E-state index contributed by atoms with van der Waals surface area (Å²) in [6, 6.07) is 16.9. The van der Waals surface area contributed by atoms with Gasteiger partial charge in [0.15, 0.2) is 0 Å². The Morgan fingerprint density at radius 1 is 0.911 bits per heavy atom. The molecule has 1 aliphatic heterocycles. The Balaban J connectivity index is 1.50. The molecule has 2 unspecified atom stereocenters. The van der Waals surface area contributed by atoms with Crippen molar-refractivity contribution in [2.45, 2.75) is 57.7 Å². The number of carbonyl (C=O) groups is 2. The fourth-order valence-corrected chi connectivity index (χ4v) is 4.87. The van der Waals surface area contributed by atoms with E-state index in [0.717, 1.165) is 12.1 Å². The Labute approximate surface area is 258 Å². The molecule has 1 aliphatic rings. The van der Waals surface area contributed by atoms with Gasteiger partial charge in [-0.15, -0.1) is 0 Å². The fourth-order valence-electron chi connectivity index (χ4n) is 4.87. The first-order chi connectivity index (χ1) is 21.3. The minimum Gasteiger partial charge on any atom is -0.486 e. The summed E-state index contributed by atoms with van der Waals surface area (Å²) in [7, 11) is 1.77. The van der Waals surface area contributed by atoms with Crippen LogP contribution >= 0.6 is 0 Å². The van der Waals surface area contributed by atoms with Crippen molar-refractivity contribution in [1.29, 1.82) is 0 Å². The molecule has 2 amide bonds. The Morgan fingerprint density at radius 2 is 1.58 bits per heavy atom. The number of hydrogen-bond acceptors (Lipinski definition) is 5. The maximum atomic E-state index is 14.2. The second kappa shape index (κ2) is 14.0. The second-order valence-electron chi connectivity index (χ2n) is 11.1. The van der Waals surface area contributed by atoms with Crippen LogP contribution in [0.2, 0.25) is 0 Å². The topological polar surface area (TPSA) is 79.9 Å². The number of alkyl halides is 3. The van der Waals surface area contributed by atoms with Gasteiger partial charge in [-0.3, -0.25) is 4.79 Å². The average Bonchev–Trinajstić information content (AvgIpc) is 2.99. The van der Waals surface area contributed by atoms with Gasteiger partial charge in [-0.25, -0.2) is 13.6 Å². The lowest BCUT2D eigenvalue weighted by Gasteiger charge is -2.35. The minimum atomic E-state index is -4.49. The number of para-hydroxylation sites is 1. The maximum absolute atomic E-state index is 14.2. The number of ether oxygens (including phenoxy) is 2. The van der Waals surface area contributed by atoms with Gasteiger partial charge in [0, 0.05) is 37.2 Å². The summed E-state index contributed by atoms with van der Waals surface area (Å²) in [4.78, 5) is 27.9. The highest BCUT2D eigenvalue weighted by Gasteiger charge is 2.36. The molecule has 0 aromatic heterocycles. The predicted molar refractivity (Wildman–Crippen MR) is 159 cm³/mol. The van der Waals surface area contributed by atoms with Crippen molar-refractivity contribution in [1.82, 2.24) is 10.6 Å². The third-order valence-electron chi connectivity index (χ3n) is 7.55. The molecular formula is C33H34F5N3O4. The van der Waals surface area contributed by atoms with Crippen molar-refractivity contribution in [2.75, 3.05) is 18.5 Å². The van der Waals surface area contributed by atoms with Crippen LogP contribution in [0.1, 0.15) is 43.4 Å². The van der Waals surface area contributed by atoms with Crippen LogP contribution in [0.15, 0.2) is 72.8 Å². The van der Waals surface area contributed by atoms with Crippen molar-refractivity contribution in [3.05, 3.63) is 101 Å². The molecule has 0 spiro atoms. The van der Waals surface area contributed by atoms with Gasteiger partial charge in [0.05, 0.1) is 16.8 Å². The van der Waals surface area contributed by atoms with E-state index < -0.39 is 54.8 Å². The van der Waals surface area contributed by atoms with Crippen LogP contribution in [0.25, 0.3) is 5.57 Å². The zero-order valence-electron chi connectivity index (χ0n) is 25.0. The lowest BCUT2D eigenvalue weighted by molar-refractivity contribution is -0.138. The molecule has 2 atom stereocenters. The fraction of sp³-hybridized carbons (Fsp3) is 0.333. The first-order valence-electron chi connectivity index (χ1n) is 14.2. The van der Waals surface area contributed by atoms with E-state index in [1.54, 1.807) is 61.7 Å². The first kappa shape index (κ1) is 33.3. The van der Waals surface area contributed by atoms with Crippen LogP contribution < -0.4 is 20.3 Å².